The zero-order valence-corrected chi connectivity index (χ0v) is 11.0. The van der Waals surface area contributed by atoms with E-state index in [2.05, 4.69) is 17.1 Å². The van der Waals surface area contributed by atoms with Crippen LogP contribution in [0.4, 0.5) is 0 Å². The van der Waals surface area contributed by atoms with Gasteiger partial charge in [0.15, 0.2) is 0 Å². The Balaban J connectivity index is 1.95. The Morgan fingerprint density at radius 1 is 1.19 bits per heavy atom. The molecule has 0 spiro atoms. The number of methoxy groups -OCH3 is 1. The Bertz CT molecular complexity index is 158. The van der Waals surface area contributed by atoms with Gasteiger partial charge in [-0.05, 0) is 52.2 Å². The first-order chi connectivity index (χ1) is 7.83. The van der Waals surface area contributed by atoms with E-state index >= 15 is 0 Å². The molecule has 1 heterocycles. The largest absolute Gasteiger partial charge is 0.385 e. The third kappa shape index (κ3) is 6.46. The monoisotopic (exact) mass is 228 g/mol. The van der Waals surface area contributed by atoms with Crippen molar-refractivity contribution in [3.05, 3.63) is 0 Å². The maximum atomic E-state index is 5.03. The highest BCUT2D eigenvalue weighted by Gasteiger charge is 2.12. The molecule has 0 aromatic heterocycles. The molecule has 1 aliphatic rings. The van der Waals surface area contributed by atoms with E-state index in [0.29, 0.717) is 6.04 Å². The maximum Gasteiger partial charge on any atom is 0.0462 e. The Kier molecular flexibility index (Phi) is 7.81. The van der Waals surface area contributed by atoms with Crippen molar-refractivity contribution in [1.29, 1.82) is 0 Å². The number of hydrogen-bond acceptors (Lipinski definition) is 3. The van der Waals surface area contributed by atoms with Crippen molar-refractivity contribution < 1.29 is 4.74 Å². The number of rotatable bonds is 8. The van der Waals surface area contributed by atoms with Crippen LogP contribution in [0.1, 0.15) is 39.0 Å². The average Bonchev–Trinajstić information content (AvgIpc) is 2.30. The zero-order chi connectivity index (χ0) is 11.6. The van der Waals surface area contributed by atoms with Gasteiger partial charge in [0.25, 0.3) is 0 Å². The van der Waals surface area contributed by atoms with E-state index in [9.17, 15) is 0 Å². The molecule has 0 amide bonds. The highest BCUT2D eigenvalue weighted by Crippen LogP contribution is 2.08. The Labute approximate surface area is 101 Å². The lowest BCUT2D eigenvalue weighted by atomic mass is 10.1. The molecule has 1 rings (SSSR count). The van der Waals surface area contributed by atoms with E-state index in [1.165, 1.54) is 51.7 Å². The molecule has 1 aliphatic heterocycles. The van der Waals surface area contributed by atoms with Crippen LogP contribution >= 0.6 is 0 Å². The van der Waals surface area contributed by atoms with Crippen molar-refractivity contribution in [2.75, 3.05) is 39.9 Å². The minimum Gasteiger partial charge on any atom is -0.385 e. The second-order valence-corrected chi connectivity index (χ2v) is 4.92. The van der Waals surface area contributed by atoms with Crippen LogP contribution in [0.25, 0.3) is 0 Å². The highest BCUT2D eigenvalue weighted by atomic mass is 16.5. The summed E-state index contributed by atoms with van der Waals surface area (Å²) in [6.07, 6.45) is 6.59. The summed E-state index contributed by atoms with van der Waals surface area (Å²) < 4.78 is 5.03. The van der Waals surface area contributed by atoms with E-state index in [4.69, 9.17) is 4.74 Å². The zero-order valence-electron chi connectivity index (χ0n) is 11.0. The normalized spacial score (nSPS) is 19.9. The molecule has 3 nitrogen and oxygen atoms in total. The Morgan fingerprint density at radius 2 is 1.94 bits per heavy atom. The molecule has 16 heavy (non-hydrogen) atoms. The topological polar surface area (TPSA) is 24.5 Å². The van der Waals surface area contributed by atoms with E-state index in [-0.39, 0.29) is 0 Å². The van der Waals surface area contributed by atoms with Crippen molar-refractivity contribution in [2.24, 2.45) is 0 Å². The third-order valence-electron chi connectivity index (χ3n) is 3.25. The summed E-state index contributed by atoms with van der Waals surface area (Å²) >= 11 is 0. The van der Waals surface area contributed by atoms with Gasteiger partial charge in [-0.3, -0.25) is 0 Å². The van der Waals surface area contributed by atoms with Gasteiger partial charge < -0.3 is 15.0 Å². The first-order valence-electron chi connectivity index (χ1n) is 6.77. The van der Waals surface area contributed by atoms with Crippen LogP contribution in [0, 0.1) is 0 Å². The smallest absolute Gasteiger partial charge is 0.0462 e. The lowest BCUT2D eigenvalue weighted by Gasteiger charge is -2.29. The summed E-state index contributed by atoms with van der Waals surface area (Å²) in [6.45, 7) is 8.13. The number of nitrogens with one attached hydrogen (secondary N) is 1. The van der Waals surface area contributed by atoms with Crippen LogP contribution in [0.2, 0.25) is 0 Å². The molecule has 1 fully saturated rings. The average molecular weight is 228 g/mol. The molecule has 0 radical (unpaired) electrons. The van der Waals surface area contributed by atoms with E-state index in [1.54, 1.807) is 7.11 Å². The maximum absolute atomic E-state index is 5.03. The molecule has 0 bridgehead atoms. The van der Waals surface area contributed by atoms with Crippen LogP contribution in [0.5, 0.6) is 0 Å². The highest BCUT2D eigenvalue weighted by molar-refractivity contribution is 4.71. The molecule has 1 N–H and O–H groups in total. The molecule has 1 saturated heterocycles. The molecule has 3 heteroatoms. The lowest BCUT2D eigenvalue weighted by Crippen LogP contribution is -2.41. The van der Waals surface area contributed by atoms with Gasteiger partial charge in [0.1, 0.15) is 0 Å². The molecule has 0 aromatic carbocycles. The fourth-order valence-corrected chi connectivity index (χ4v) is 2.31. The lowest BCUT2D eigenvalue weighted by molar-refractivity contribution is 0.190. The quantitative estimate of drug-likeness (QED) is 0.642. The minimum absolute atomic E-state index is 0.626. The second kappa shape index (κ2) is 8.97. The minimum atomic E-state index is 0.626. The van der Waals surface area contributed by atoms with Crippen LogP contribution in [0.15, 0.2) is 0 Å². The van der Waals surface area contributed by atoms with Crippen LogP contribution in [-0.2, 0) is 4.74 Å². The fourth-order valence-electron chi connectivity index (χ4n) is 2.31. The van der Waals surface area contributed by atoms with Gasteiger partial charge in [-0.2, -0.15) is 0 Å². The summed E-state index contributed by atoms with van der Waals surface area (Å²) in [5.74, 6) is 0. The standard InChI is InChI=1S/C13H28N2O/c1-13(14-8-4-7-11-16-2)12-15-9-5-3-6-10-15/h13-14H,3-12H2,1-2H3. The summed E-state index contributed by atoms with van der Waals surface area (Å²) in [5.41, 5.74) is 0. The summed E-state index contributed by atoms with van der Waals surface area (Å²) in [7, 11) is 1.77. The van der Waals surface area contributed by atoms with Crippen molar-refractivity contribution in [3.8, 4) is 0 Å². The SMILES string of the molecule is COCCCCNC(C)CN1CCCCC1. The predicted molar refractivity (Wildman–Crippen MR) is 68.9 cm³/mol. The van der Waals surface area contributed by atoms with E-state index in [0.717, 1.165) is 13.2 Å². The second-order valence-electron chi connectivity index (χ2n) is 4.92. The molecular formula is C13H28N2O. The Morgan fingerprint density at radius 3 is 2.62 bits per heavy atom. The number of hydrogen-bond donors (Lipinski definition) is 1. The molecule has 0 aromatic rings. The first kappa shape index (κ1) is 13.9. The van der Waals surface area contributed by atoms with E-state index < -0.39 is 0 Å². The van der Waals surface area contributed by atoms with E-state index in [1.807, 2.05) is 0 Å². The summed E-state index contributed by atoms with van der Waals surface area (Å²) in [4.78, 5) is 2.59. The fraction of sp³-hybridized carbons (Fsp3) is 1.00. The van der Waals surface area contributed by atoms with Gasteiger partial charge in [-0.25, -0.2) is 0 Å². The third-order valence-corrected chi connectivity index (χ3v) is 3.25. The van der Waals surface area contributed by atoms with Gasteiger partial charge in [-0.1, -0.05) is 6.42 Å². The van der Waals surface area contributed by atoms with Crippen molar-refractivity contribution in [1.82, 2.24) is 10.2 Å². The molecule has 96 valence electrons. The van der Waals surface area contributed by atoms with Crippen LogP contribution in [0.3, 0.4) is 0 Å². The summed E-state index contributed by atoms with van der Waals surface area (Å²) in [5, 5.41) is 3.59. The van der Waals surface area contributed by atoms with Crippen molar-refractivity contribution >= 4 is 0 Å². The van der Waals surface area contributed by atoms with Gasteiger partial charge in [0, 0.05) is 26.3 Å². The van der Waals surface area contributed by atoms with Crippen molar-refractivity contribution in [2.45, 2.75) is 45.1 Å². The molecule has 1 unspecified atom stereocenters. The molecular weight excluding hydrogens is 200 g/mol. The van der Waals surface area contributed by atoms with Crippen LogP contribution < -0.4 is 5.32 Å². The first-order valence-corrected chi connectivity index (χ1v) is 6.77. The molecule has 1 atom stereocenters. The van der Waals surface area contributed by atoms with Gasteiger partial charge in [0.2, 0.25) is 0 Å². The number of piperidine rings is 1. The molecule has 0 aliphatic carbocycles. The number of nitrogens with zero attached hydrogens (tertiary/aromatic N) is 1. The predicted octanol–water partition coefficient (Wildman–Crippen LogP) is 1.88. The number of likely N-dealkylation sites (tertiary alicyclic amines) is 1. The molecule has 0 saturated carbocycles. The van der Waals surface area contributed by atoms with Crippen LogP contribution in [-0.4, -0.2) is 50.8 Å². The van der Waals surface area contributed by atoms with Crippen molar-refractivity contribution in [3.63, 3.8) is 0 Å². The number of ether oxygens (including phenoxy) is 1. The van der Waals surface area contributed by atoms with Gasteiger partial charge in [0.05, 0.1) is 0 Å². The van der Waals surface area contributed by atoms with Gasteiger partial charge >= 0.3 is 0 Å². The summed E-state index contributed by atoms with van der Waals surface area (Å²) in [6, 6.07) is 0.626. The Hall–Kier alpha value is -0.120. The number of unbranched alkanes of at least 4 members (excludes halogenated alkanes) is 1. The van der Waals surface area contributed by atoms with Gasteiger partial charge in [-0.15, -0.1) is 0 Å².